The van der Waals surface area contributed by atoms with E-state index in [2.05, 4.69) is 10.6 Å². The highest BCUT2D eigenvalue weighted by Crippen LogP contribution is 2.45. The van der Waals surface area contributed by atoms with Gasteiger partial charge in [-0.15, -0.1) is 0 Å². The van der Waals surface area contributed by atoms with Crippen LogP contribution < -0.4 is 10.6 Å². The Bertz CT molecular complexity index is 193. The maximum absolute atomic E-state index is 11.5. The van der Waals surface area contributed by atoms with Gasteiger partial charge in [0.25, 0.3) is 0 Å². The van der Waals surface area contributed by atoms with E-state index in [0.717, 1.165) is 32.4 Å². The summed E-state index contributed by atoms with van der Waals surface area (Å²) in [6.45, 7) is 4.04. The van der Waals surface area contributed by atoms with Gasteiger partial charge in [-0.2, -0.15) is 0 Å². The van der Waals surface area contributed by atoms with Crippen LogP contribution in [-0.2, 0) is 4.79 Å². The fraction of sp³-hybridized carbons (Fsp3) is 0.889. The molecule has 1 atom stereocenters. The van der Waals surface area contributed by atoms with Crippen molar-refractivity contribution in [2.45, 2.75) is 32.2 Å². The number of carbonyl (C=O) groups excluding carboxylic acids is 1. The molecular weight excluding hydrogens is 152 g/mol. The first-order valence-electron chi connectivity index (χ1n) is 4.72. The van der Waals surface area contributed by atoms with Gasteiger partial charge in [0.2, 0.25) is 5.91 Å². The third kappa shape index (κ3) is 1.46. The Hall–Kier alpha value is -0.570. The Morgan fingerprint density at radius 3 is 2.83 bits per heavy atom. The van der Waals surface area contributed by atoms with Crippen LogP contribution in [-0.4, -0.2) is 25.0 Å². The van der Waals surface area contributed by atoms with Crippen molar-refractivity contribution in [1.82, 2.24) is 10.6 Å². The molecule has 2 rings (SSSR count). The summed E-state index contributed by atoms with van der Waals surface area (Å²) >= 11 is 0. The molecule has 68 valence electrons. The molecule has 0 radical (unpaired) electrons. The zero-order valence-electron chi connectivity index (χ0n) is 7.52. The van der Waals surface area contributed by atoms with E-state index >= 15 is 0 Å². The molecule has 0 aromatic rings. The van der Waals surface area contributed by atoms with Crippen LogP contribution in [0, 0.1) is 5.41 Å². The molecular formula is C9H16N2O. The fourth-order valence-corrected chi connectivity index (χ4v) is 1.55. The predicted octanol–water partition coefficient (Wildman–Crippen LogP) is 0.265. The minimum absolute atomic E-state index is 0.0113. The summed E-state index contributed by atoms with van der Waals surface area (Å²) in [5.41, 5.74) is -0.0113. The zero-order chi connectivity index (χ0) is 8.60. The normalized spacial score (nSPS) is 31.6. The minimum atomic E-state index is -0.0113. The molecule has 0 aromatic carbocycles. The van der Waals surface area contributed by atoms with E-state index in [-0.39, 0.29) is 11.3 Å². The van der Waals surface area contributed by atoms with Gasteiger partial charge in [-0.3, -0.25) is 4.79 Å². The number of hydrogen-bond acceptors (Lipinski definition) is 2. The van der Waals surface area contributed by atoms with Crippen LogP contribution in [0.15, 0.2) is 0 Å². The minimum Gasteiger partial charge on any atom is -0.352 e. The smallest absolute Gasteiger partial charge is 0.226 e. The third-order valence-corrected chi connectivity index (χ3v) is 2.94. The molecule has 1 saturated heterocycles. The van der Waals surface area contributed by atoms with Gasteiger partial charge in [-0.05, 0) is 25.8 Å². The lowest BCUT2D eigenvalue weighted by Crippen LogP contribution is -2.40. The first kappa shape index (κ1) is 8.05. The third-order valence-electron chi connectivity index (χ3n) is 2.94. The van der Waals surface area contributed by atoms with Crippen molar-refractivity contribution in [3.05, 3.63) is 0 Å². The maximum Gasteiger partial charge on any atom is 0.226 e. The lowest BCUT2D eigenvalue weighted by molar-refractivity contribution is -0.126. The van der Waals surface area contributed by atoms with Crippen molar-refractivity contribution in [2.24, 2.45) is 5.41 Å². The quantitative estimate of drug-likeness (QED) is 0.621. The molecule has 1 heterocycles. The summed E-state index contributed by atoms with van der Waals surface area (Å²) in [5.74, 6) is 0.260. The molecule has 1 aliphatic heterocycles. The Kier molecular flexibility index (Phi) is 1.83. The molecule has 1 unspecified atom stereocenters. The number of rotatable bonds is 2. The van der Waals surface area contributed by atoms with Gasteiger partial charge in [0.15, 0.2) is 0 Å². The average Bonchev–Trinajstić information content (AvgIpc) is 2.63. The molecule has 2 fully saturated rings. The highest BCUT2D eigenvalue weighted by molar-refractivity contribution is 5.85. The first-order chi connectivity index (χ1) is 5.71. The molecule has 1 aliphatic carbocycles. The lowest BCUT2D eigenvalue weighted by Gasteiger charge is -2.14. The van der Waals surface area contributed by atoms with Crippen molar-refractivity contribution >= 4 is 5.91 Å². The second kappa shape index (κ2) is 2.73. The fourth-order valence-electron chi connectivity index (χ4n) is 1.55. The van der Waals surface area contributed by atoms with E-state index in [9.17, 15) is 4.79 Å². The van der Waals surface area contributed by atoms with Crippen LogP contribution in [0.5, 0.6) is 0 Å². The van der Waals surface area contributed by atoms with Crippen molar-refractivity contribution in [2.75, 3.05) is 13.1 Å². The van der Waals surface area contributed by atoms with Gasteiger partial charge in [-0.25, -0.2) is 0 Å². The molecule has 2 N–H and O–H groups in total. The molecule has 3 nitrogen and oxygen atoms in total. The number of carbonyl (C=O) groups is 1. The van der Waals surface area contributed by atoms with Gasteiger partial charge in [-0.1, -0.05) is 6.92 Å². The van der Waals surface area contributed by atoms with E-state index in [4.69, 9.17) is 0 Å². The molecule has 1 amide bonds. The Balaban J connectivity index is 1.82. The van der Waals surface area contributed by atoms with Crippen LogP contribution >= 0.6 is 0 Å². The van der Waals surface area contributed by atoms with Gasteiger partial charge < -0.3 is 10.6 Å². The Labute approximate surface area is 72.9 Å². The van der Waals surface area contributed by atoms with Crippen molar-refractivity contribution in [3.63, 3.8) is 0 Å². The van der Waals surface area contributed by atoms with Crippen molar-refractivity contribution in [1.29, 1.82) is 0 Å². The molecule has 3 heteroatoms. The Morgan fingerprint density at radius 2 is 2.33 bits per heavy atom. The van der Waals surface area contributed by atoms with Crippen LogP contribution in [0.25, 0.3) is 0 Å². The van der Waals surface area contributed by atoms with E-state index in [1.54, 1.807) is 0 Å². The summed E-state index contributed by atoms with van der Waals surface area (Å²) in [6, 6.07) is 0.384. The van der Waals surface area contributed by atoms with Crippen LogP contribution in [0.3, 0.4) is 0 Å². The van der Waals surface area contributed by atoms with Crippen LogP contribution in [0.2, 0.25) is 0 Å². The topological polar surface area (TPSA) is 41.1 Å². The largest absolute Gasteiger partial charge is 0.352 e. The highest BCUT2D eigenvalue weighted by Gasteiger charge is 2.45. The second-order valence-corrected chi connectivity index (χ2v) is 4.22. The molecule has 0 bridgehead atoms. The van der Waals surface area contributed by atoms with E-state index in [1.165, 1.54) is 0 Å². The maximum atomic E-state index is 11.5. The lowest BCUT2D eigenvalue weighted by atomic mass is 10.1. The summed E-state index contributed by atoms with van der Waals surface area (Å²) in [4.78, 5) is 11.5. The summed E-state index contributed by atoms with van der Waals surface area (Å²) < 4.78 is 0. The second-order valence-electron chi connectivity index (χ2n) is 4.22. The SMILES string of the molecule is CC1(C(=O)NC2CCNC2)CC1. The highest BCUT2D eigenvalue weighted by atomic mass is 16.2. The average molecular weight is 168 g/mol. The van der Waals surface area contributed by atoms with E-state index < -0.39 is 0 Å². The van der Waals surface area contributed by atoms with Crippen LogP contribution in [0.4, 0.5) is 0 Å². The number of amides is 1. The molecule has 12 heavy (non-hydrogen) atoms. The summed E-state index contributed by atoms with van der Waals surface area (Å²) in [5, 5.41) is 6.31. The van der Waals surface area contributed by atoms with Gasteiger partial charge in [0.1, 0.15) is 0 Å². The van der Waals surface area contributed by atoms with Crippen LogP contribution in [0.1, 0.15) is 26.2 Å². The first-order valence-corrected chi connectivity index (χ1v) is 4.72. The standard InChI is InChI=1S/C9H16N2O/c1-9(3-4-9)8(12)11-7-2-5-10-6-7/h7,10H,2-6H2,1H3,(H,11,12). The number of hydrogen-bond donors (Lipinski definition) is 2. The summed E-state index contributed by atoms with van der Waals surface area (Å²) in [6.07, 6.45) is 3.22. The monoisotopic (exact) mass is 168 g/mol. The van der Waals surface area contributed by atoms with E-state index in [1.807, 2.05) is 6.92 Å². The van der Waals surface area contributed by atoms with E-state index in [0.29, 0.717) is 6.04 Å². The zero-order valence-corrected chi connectivity index (χ0v) is 7.52. The van der Waals surface area contributed by atoms with Gasteiger partial charge >= 0.3 is 0 Å². The number of nitrogens with one attached hydrogen (secondary N) is 2. The molecule has 0 aromatic heterocycles. The molecule has 0 spiro atoms. The van der Waals surface area contributed by atoms with Crippen molar-refractivity contribution in [3.8, 4) is 0 Å². The van der Waals surface area contributed by atoms with Crippen molar-refractivity contribution < 1.29 is 4.79 Å². The summed E-state index contributed by atoms with van der Waals surface area (Å²) in [7, 11) is 0. The van der Waals surface area contributed by atoms with Gasteiger partial charge in [0, 0.05) is 18.0 Å². The molecule has 2 aliphatic rings. The van der Waals surface area contributed by atoms with Gasteiger partial charge in [0.05, 0.1) is 0 Å². The molecule has 1 saturated carbocycles. The Morgan fingerprint density at radius 1 is 1.58 bits per heavy atom. The predicted molar refractivity (Wildman–Crippen MR) is 46.8 cm³/mol.